The van der Waals surface area contributed by atoms with Crippen LogP contribution in [0.3, 0.4) is 0 Å². The monoisotopic (exact) mass is 464 g/mol. The van der Waals surface area contributed by atoms with E-state index in [2.05, 4.69) is 10.1 Å². The second-order valence-electron chi connectivity index (χ2n) is 6.29. The summed E-state index contributed by atoms with van der Waals surface area (Å²) in [5.41, 5.74) is 0.562. The van der Waals surface area contributed by atoms with Crippen LogP contribution in [0.1, 0.15) is 31.1 Å². The molecule has 1 aliphatic heterocycles. The van der Waals surface area contributed by atoms with Crippen molar-refractivity contribution in [1.29, 1.82) is 0 Å². The zero-order valence-corrected chi connectivity index (χ0v) is 17.5. The fraction of sp³-hybridized carbons (Fsp3) is 0.150. The van der Waals surface area contributed by atoms with Crippen LogP contribution in [0.4, 0.5) is 5.69 Å². The Morgan fingerprint density at radius 1 is 1.00 bits per heavy atom. The van der Waals surface area contributed by atoms with E-state index in [1.807, 2.05) is 0 Å². The van der Waals surface area contributed by atoms with Gasteiger partial charge in [0.25, 0.3) is 17.7 Å². The molecule has 3 amide bonds. The van der Waals surface area contributed by atoms with Gasteiger partial charge < -0.3 is 14.8 Å². The van der Waals surface area contributed by atoms with Crippen LogP contribution in [-0.4, -0.2) is 54.8 Å². The van der Waals surface area contributed by atoms with Crippen LogP contribution >= 0.6 is 23.2 Å². The number of hydrogen-bond acceptors (Lipinski definition) is 7. The van der Waals surface area contributed by atoms with Crippen LogP contribution in [0.2, 0.25) is 10.0 Å². The topological polar surface area (TPSA) is 119 Å². The maximum atomic E-state index is 12.4. The van der Waals surface area contributed by atoms with E-state index in [-0.39, 0.29) is 32.4 Å². The van der Waals surface area contributed by atoms with E-state index < -0.39 is 42.8 Å². The Morgan fingerprint density at radius 2 is 1.61 bits per heavy atom. The van der Waals surface area contributed by atoms with E-state index in [1.165, 1.54) is 43.5 Å². The van der Waals surface area contributed by atoms with Gasteiger partial charge in [-0.05, 0) is 30.3 Å². The van der Waals surface area contributed by atoms with Gasteiger partial charge in [0.1, 0.15) is 6.54 Å². The van der Waals surface area contributed by atoms with Crippen molar-refractivity contribution in [2.75, 3.05) is 25.6 Å². The lowest BCUT2D eigenvalue weighted by Crippen LogP contribution is -2.36. The summed E-state index contributed by atoms with van der Waals surface area (Å²) >= 11 is 11.7. The number of rotatable bonds is 6. The first kappa shape index (κ1) is 22.3. The molecule has 0 radical (unpaired) electrons. The average Bonchev–Trinajstić information content (AvgIpc) is 2.96. The SMILES string of the molecule is COC(=O)c1cccc(NC(=O)COC(=O)CN2C(=O)c3cc(Cl)c(Cl)cc3C2=O)c1. The molecule has 0 spiro atoms. The van der Waals surface area contributed by atoms with Crippen molar-refractivity contribution in [3.8, 4) is 0 Å². The number of nitrogens with one attached hydrogen (secondary N) is 1. The number of carbonyl (C=O) groups excluding carboxylic acids is 5. The van der Waals surface area contributed by atoms with Crippen LogP contribution in [0, 0.1) is 0 Å². The van der Waals surface area contributed by atoms with Crippen LogP contribution in [0.25, 0.3) is 0 Å². The molecule has 160 valence electrons. The van der Waals surface area contributed by atoms with Gasteiger partial charge in [0.2, 0.25) is 0 Å². The molecule has 2 aromatic carbocycles. The number of methoxy groups -OCH3 is 1. The molecular weight excluding hydrogens is 451 g/mol. The molecule has 0 atom stereocenters. The standard InChI is InChI=1S/C20H14Cl2N2O7/c1-30-20(29)10-3-2-4-11(5-10)23-16(25)9-31-17(26)8-24-18(27)12-6-14(21)15(22)7-13(12)19(24)28/h2-7H,8-9H2,1H3,(H,23,25). The van der Waals surface area contributed by atoms with Gasteiger partial charge in [-0.15, -0.1) is 0 Å². The zero-order valence-electron chi connectivity index (χ0n) is 15.9. The summed E-state index contributed by atoms with van der Waals surface area (Å²) in [6, 6.07) is 8.46. The Bertz CT molecular complexity index is 1080. The highest BCUT2D eigenvalue weighted by molar-refractivity contribution is 6.43. The molecule has 0 saturated carbocycles. The molecule has 1 heterocycles. The van der Waals surface area contributed by atoms with Crippen molar-refractivity contribution in [2.24, 2.45) is 0 Å². The number of halogens is 2. The Morgan fingerprint density at radius 3 is 2.19 bits per heavy atom. The van der Waals surface area contributed by atoms with E-state index in [1.54, 1.807) is 0 Å². The minimum atomic E-state index is -0.967. The largest absolute Gasteiger partial charge is 0.465 e. The van der Waals surface area contributed by atoms with Crippen LogP contribution in [0.5, 0.6) is 0 Å². The number of benzene rings is 2. The van der Waals surface area contributed by atoms with Gasteiger partial charge >= 0.3 is 11.9 Å². The maximum Gasteiger partial charge on any atom is 0.337 e. The Balaban J connectivity index is 1.56. The fourth-order valence-electron chi connectivity index (χ4n) is 2.79. The summed E-state index contributed by atoms with van der Waals surface area (Å²) in [5, 5.41) is 2.65. The van der Waals surface area contributed by atoms with E-state index in [4.69, 9.17) is 27.9 Å². The molecule has 0 saturated heterocycles. The molecule has 9 nitrogen and oxygen atoms in total. The van der Waals surface area contributed by atoms with Crippen molar-refractivity contribution in [2.45, 2.75) is 0 Å². The average molecular weight is 465 g/mol. The molecule has 0 aromatic heterocycles. The van der Waals surface area contributed by atoms with E-state index >= 15 is 0 Å². The molecule has 1 N–H and O–H groups in total. The van der Waals surface area contributed by atoms with Gasteiger partial charge in [0.05, 0.1) is 33.8 Å². The summed E-state index contributed by atoms with van der Waals surface area (Å²) in [6.45, 7) is -1.35. The normalized spacial score (nSPS) is 12.4. The second-order valence-corrected chi connectivity index (χ2v) is 7.10. The first-order chi connectivity index (χ1) is 14.7. The minimum absolute atomic E-state index is 0.0235. The molecule has 3 rings (SSSR count). The van der Waals surface area contributed by atoms with E-state index in [9.17, 15) is 24.0 Å². The zero-order chi connectivity index (χ0) is 22.7. The minimum Gasteiger partial charge on any atom is -0.465 e. The Hall–Kier alpha value is -3.43. The number of esters is 2. The van der Waals surface area contributed by atoms with Crippen molar-refractivity contribution >= 4 is 58.5 Å². The quantitative estimate of drug-likeness (QED) is 0.515. The van der Waals surface area contributed by atoms with Crippen molar-refractivity contribution < 1.29 is 33.4 Å². The third-order valence-corrected chi connectivity index (χ3v) is 4.95. The molecule has 2 aromatic rings. The molecule has 0 unspecified atom stereocenters. The molecule has 1 aliphatic rings. The second kappa shape index (κ2) is 9.15. The van der Waals surface area contributed by atoms with E-state index in [0.29, 0.717) is 4.90 Å². The van der Waals surface area contributed by atoms with Gasteiger partial charge in [-0.25, -0.2) is 4.79 Å². The number of anilines is 1. The molecule has 0 aliphatic carbocycles. The highest BCUT2D eigenvalue weighted by Crippen LogP contribution is 2.31. The highest BCUT2D eigenvalue weighted by Gasteiger charge is 2.37. The molecule has 0 fully saturated rings. The third-order valence-electron chi connectivity index (χ3n) is 4.23. The summed E-state index contributed by atoms with van der Waals surface area (Å²) in [5.74, 6) is -3.67. The molecular formula is C20H14Cl2N2O7. The van der Waals surface area contributed by atoms with Gasteiger partial charge in [-0.2, -0.15) is 0 Å². The number of ether oxygens (including phenoxy) is 2. The summed E-state index contributed by atoms with van der Waals surface area (Å²) in [6.07, 6.45) is 0. The van der Waals surface area contributed by atoms with Gasteiger partial charge in [0, 0.05) is 5.69 Å². The van der Waals surface area contributed by atoms with Crippen LogP contribution in [0.15, 0.2) is 36.4 Å². The number of nitrogens with zero attached hydrogens (tertiary/aromatic N) is 1. The lowest BCUT2D eigenvalue weighted by atomic mass is 10.1. The smallest absolute Gasteiger partial charge is 0.337 e. The summed E-state index contributed by atoms with van der Waals surface area (Å²) in [4.78, 5) is 61.0. The summed E-state index contributed by atoms with van der Waals surface area (Å²) in [7, 11) is 1.23. The lowest BCUT2D eigenvalue weighted by molar-refractivity contribution is -0.147. The number of hydrogen-bond donors (Lipinski definition) is 1. The van der Waals surface area contributed by atoms with Gasteiger partial charge in [0.15, 0.2) is 6.61 Å². The number of carbonyl (C=O) groups is 5. The lowest BCUT2D eigenvalue weighted by Gasteiger charge is -2.13. The molecule has 31 heavy (non-hydrogen) atoms. The first-order valence-corrected chi connectivity index (χ1v) is 9.46. The number of amides is 3. The van der Waals surface area contributed by atoms with Crippen molar-refractivity contribution in [3.05, 3.63) is 63.1 Å². The first-order valence-electron chi connectivity index (χ1n) is 8.70. The van der Waals surface area contributed by atoms with E-state index in [0.717, 1.165) is 0 Å². The van der Waals surface area contributed by atoms with Gasteiger partial charge in [-0.3, -0.25) is 24.1 Å². The van der Waals surface area contributed by atoms with Crippen molar-refractivity contribution in [1.82, 2.24) is 4.90 Å². The summed E-state index contributed by atoms with van der Waals surface area (Å²) < 4.78 is 9.44. The maximum absolute atomic E-state index is 12.4. The Kier molecular flexibility index (Phi) is 6.57. The predicted octanol–water partition coefficient (Wildman–Crippen LogP) is 2.56. The molecule has 0 bridgehead atoms. The van der Waals surface area contributed by atoms with Crippen LogP contribution in [-0.2, 0) is 19.1 Å². The highest BCUT2D eigenvalue weighted by atomic mass is 35.5. The predicted molar refractivity (Wildman–Crippen MR) is 109 cm³/mol. The Labute approximate surface area is 185 Å². The van der Waals surface area contributed by atoms with Crippen molar-refractivity contribution in [3.63, 3.8) is 0 Å². The number of fused-ring (bicyclic) bond motifs is 1. The van der Waals surface area contributed by atoms with Crippen LogP contribution < -0.4 is 5.32 Å². The molecule has 11 heteroatoms. The third kappa shape index (κ3) is 4.84. The van der Waals surface area contributed by atoms with Gasteiger partial charge in [-0.1, -0.05) is 29.3 Å². The fourth-order valence-corrected chi connectivity index (χ4v) is 3.11. The number of imide groups is 1.